The number of rotatable bonds is 3. The van der Waals surface area contributed by atoms with E-state index in [-0.39, 0.29) is 21.7 Å². The van der Waals surface area contributed by atoms with Crippen LogP contribution in [0.5, 0.6) is 0 Å². The Morgan fingerprint density at radius 3 is 2.68 bits per heavy atom. The number of hydrogen-bond acceptors (Lipinski definition) is 5. The average Bonchev–Trinajstić information content (AvgIpc) is 2.32. The summed E-state index contributed by atoms with van der Waals surface area (Å²) in [4.78, 5) is 7.18. The highest BCUT2D eigenvalue weighted by molar-refractivity contribution is 7.92. The fourth-order valence-corrected chi connectivity index (χ4v) is 2.38. The quantitative estimate of drug-likeness (QED) is 0.663. The van der Waals surface area contributed by atoms with Crippen LogP contribution < -0.4 is 10.5 Å². The van der Waals surface area contributed by atoms with E-state index >= 15 is 0 Å². The van der Waals surface area contributed by atoms with Crippen molar-refractivity contribution < 1.29 is 12.8 Å². The van der Waals surface area contributed by atoms with Gasteiger partial charge in [0.15, 0.2) is 0 Å². The average molecular weight is 303 g/mol. The first-order chi connectivity index (χ1) is 8.88. The lowest BCUT2D eigenvalue weighted by Crippen LogP contribution is -2.15. The molecule has 2 aromatic rings. The van der Waals surface area contributed by atoms with E-state index in [1.54, 1.807) is 0 Å². The van der Waals surface area contributed by atoms with E-state index in [0.29, 0.717) is 0 Å². The van der Waals surface area contributed by atoms with Crippen molar-refractivity contribution in [1.29, 1.82) is 0 Å². The zero-order valence-electron chi connectivity index (χ0n) is 9.34. The van der Waals surface area contributed by atoms with E-state index < -0.39 is 15.8 Å². The Morgan fingerprint density at radius 1 is 1.32 bits per heavy atom. The molecule has 0 amide bonds. The standard InChI is InChI=1S/C10H8ClFN4O2S/c11-9-3-4-14-10(15-9)16-19(17,18)6-1-2-7(12)8(13)5-6/h1-5H,13H2,(H,14,15,16). The third kappa shape index (κ3) is 3.09. The van der Waals surface area contributed by atoms with Gasteiger partial charge >= 0.3 is 0 Å². The molecule has 0 spiro atoms. The van der Waals surface area contributed by atoms with Crippen LogP contribution in [0.15, 0.2) is 35.4 Å². The molecule has 100 valence electrons. The lowest BCUT2D eigenvalue weighted by atomic mass is 10.3. The van der Waals surface area contributed by atoms with Crippen molar-refractivity contribution in [1.82, 2.24) is 9.97 Å². The van der Waals surface area contributed by atoms with Crippen LogP contribution in [0.1, 0.15) is 0 Å². The molecule has 19 heavy (non-hydrogen) atoms. The normalized spacial score (nSPS) is 11.3. The number of nitrogens with one attached hydrogen (secondary N) is 1. The summed E-state index contributed by atoms with van der Waals surface area (Å²) in [5.41, 5.74) is 5.05. The first-order valence-electron chi connectivity index (χ1n) is 4.95. The van der Waals surface area contributed by atoms with Gasteiger partial charge in [0, 0.05) is 6.20 Å². The van der Waals surface area contributed by atoms with E-state index in [1.165, 1.54) is 12.3 Å². The van der Waals surface area contributed by atoms with Crippen LogP contribution in [-0.4, -0.2) is 18.4 Å². The van der Waals surface area contributed by atoms with Gasteiger partial charge in [-0.15, -0.1) is 0 Å². The molecule has 0 aliphatic rings. The highest BCUT2D eigenvalue weighted by atomic mass is 35.5. The fraction of sp³-hybridized carbons (Fsp3) is 0. The molecule has 0 bridgehead atoms. The lowest BCUT2D eigenvalue weighted by molar-refractivity contribution is 0.599. The highest BCUT2D eigenvalue weighted by Crippen LogP contribution is 2.18. The number of nitrogens with zero attached hydrogens (tertiary/aromatic N) is 2. The van der Waals surface area contributed by atoms with Gasteiger partial charge in [-0.1, -0.05) is 11.6 Å². The van der Waals surface area contributed by atoms with Crippen LogP contribution in [-0.2, 0) is 10.0 Å². The van der Waals surface area contributed by atoms with Gasteiger partial charge in [-0.2, -0.15) is 0 Å². The number of nitrogens with two attached hydrogens (primary N) is 1. The first kappa shape index (κ1) is 13.5. The van der Waals surface area contributed by atoms with Crippen molar-refractivity contribution in [3.8, 4) is 0 Å². The number of sulfonamides is 1. The second-order valence-electron chi connectivity index (χ2n) is 3.49. The van der Waals surface area contributed by atoms with Gasteiger partial charge in [0.05, 0.1) is 10.6 Å². The predicted molar refractivity (Wildman–Crippen MR) is 68.7 cm³/mol. The lowest BCUT2D eigenvalue weighted by Gasteiger charge is -2.07. The minimum Gasteiger partial charge on any atom is -0.396 e. The van der Waals surface area contributed by atoms with Crippen LogP contribution >= 0.6 is 11.6 Å². The van der Waals surface area contributed by atoms with Gasteiger partial charge in [0.2, 0.25) is 5.95 Å². The number of nitrogen functional groups attached to an aromatic ring is 1. The largest absolute Gasteiger partial charge is 0.396 e. The number of halogens is 2. The molecule has 2 rings (SSSR count). The van der Waals surface area contributed by atoms with Crippen molar-refractivity contribution in [2.24, 2.45) is 0 Å². The maximum absolute atomic E-state index is 13.0. The molecule has 1 heterocycles. The molecule has 1 aromatic carbocycles. The Hall–Kier alpha value is -1.93. The van der Waals surface area contributed by atoms with Crippen molar-refractivity contribution in [2.75, 3.05) is 10.5 Å². The Bertz CT molecular complexity index is 723. The van der Waals surface area contributed by atoms with Crippen molar-refractivity contribution in [3.05, 3.63) is 41.4 Å². The summed E-state index contributed by atoms with van der Waals surface area (Å²) in [7, 11) is -3.95. The number of aromatic nitrogens is 2. The van der Waals surface area contributed by atoms with Crippen molar-refractivity contribution in [2.45, 2.75) is 4.90 Å². The number of benzene rings is 1. The van der Waals surface area contributed by atoms with Gasteiger partial charge < -0.3 is 5.73 Å². The van der Waals surface area contributed by atoms with E-state index in [2.05, 4.69) is 14.7 Å². The van der Waals surface area contributed by atoms with Gasteiger partial charge in [0.25, 0.3) is 10.0 Å². The third-order valence-electron chi connectivity index (χ3n) is 2.13. The van der Waals surface area contributed by atoms with E-state index in [4.69, 9.17) is 17.3 Å². The topological polar surface area (TPSA) is 98.0 Å². The Kier molecular flexibility index (Phi) is 3.54. The molecule has 3 N–H and O–H groups in total. The molecule has 0 saturated carbocycles. The molecule has 0 saturated heterocycles. The highest BCUT2D eigenvalue weighted by Gasteiger charge is 2.17. The fourth-order valence-electron chi connectivity index (χ4n) is 1.25. The van der Waals surface area contributed by atoms with Crippen molar-refractivity contribution in [3.63, 3.8) is 0 Å². The molecule has 0 atom stereocenters. The monoisotopic (exact) mass is 302 g/mol. The molecule has 6 nitrogen and oxygen atoms in total. The maximum atomic E-state index is 13.0. The molecule has 9 heteroatoms. The van der Waals surface area contributed by atoms with Gasteiger partial charge in [-0.3, -0.25) is 0 Å². The second kappa shape index (κ2) is 4.98. The van der Waals surface area contributed by atoms with E-state index in [9.17, 15) is 12.8 Å². The minimum absolute atomic E-state index is 0.0892. The van der Waals surface area contributed by atoms with Gasteiger partial charge in [-0.05, 0) is 24.3 Å². The zero-order chi connectivity index (χ0) is 14.0. The van der Waals surface area contributed by atoms with Crippen LogP contribution in [0.4, 0.5) is 16.0 Å². The van der Waals surface area contributed by atoms with Crippen LogP contribution in [0.3, 0.4) is 0 Å². The third-order valence-corrected chi connectivity index (χ3v) is 3.66. The second-order valence-corrected chi connectivity index (χ2v) is 5.56. The number of anilines is 2. The van der Waals surface area contributed by atoms with Crippen molar-refractivity contribution >= 4 is 33.3 Å². The minimum atomic E-state index is -3.95. The van der Waals surface area contributed by atoms with Gasteiger partial charge in [-0.25, -0.2) is 27.5 Å². The molecule has 0 aliphatic heterocycles. The number of hydrogen-bond donors (Lipinski definition) is 2. The molecule has 0 aliphatic carbocycles. The summed E-state index contributed by atoms with van der Waals surface area (Å²) in [5, 5.41) is 0.0892. The molecule has 0 fully saturated rings. The summed E-state index contributed by atoms with van der Waals surface area (Å²) in [6.07, 6.45) is 1.30. The Balaban J connectivity index is 2.35. The maximum Gasteiger partial charge on any atom is 0.264 e. The zero-order valence-corrected chi connectivity index (χ0v) is 10.9. The summed E-state index contributed by atoms with van der Waals surface area (Å²) in [5.74, 6) is -0.881. The first-order valence-corrected chi connectivity index (χ1v) is 6.81. The molecule has 1 aromatic heterocycles. The predicted octanol–water partition coefficient (Wildman–Crippen LogP) is 1.65. The SMILES string of the molecule is Nc1cc(S(=O)(=O)Nc2nccc(Cl)n2)ccc1F. The summed E-state index contributed by atoms with van der Waals surface area (Å²) < 4.78 is 39.0. The summed E-state index contributed by atoms with van der Waals surface area (Å²) in [6, 6.07) is 4.44. The van der Waals surface area contributed by atoms with Crippen LogP contribution in [0.25, 0.3) is 0 Å². The van der Waals surface area contributed by atoms with Crippen LogP contribution in [0.2, 0.25) is 5.15 Å². The Morgan fingerprint density at radius 2 is 2.05 bits per heavy atom. The smallest absolute Gasteiger partial charge is 0.264 e. The summed E-state index contributed by atoms with van der Waals surface area (Å²) in [6.45, 7) is 0. The van der Waals surface area contributed by atoms with E-state index in [0.717, 1.165) is 18.2 Å². The van der Waals surface area contributed by atoms with E-state index in [1.807, 2.05) is 0 Å². The van der Waals surface area contributed by atoms with Crippen LogP contribution in [0, 0.1) is 5.82 Å². The van der Waals surface area contributed by atoms with Gasteiger partial charge in [0.1, 0.15) is 11.0 Å². The molecular weight excluding hydrogens is 295 g/mol. The Labute approximate surface area is 113 Å². The summed E-state index contributed by atoms with van der Waals surface area (Å²) >= 11 is 5.61. The molecule has 0 radical (unpaired) electrons. The molecule has 0 unspecified atom stereocenters. The molecular formula is C10H8ClFN4O2S.